The number of amides is 4. The second-order valence-corrected chi connectivity index (χ2v) is 21.1. The molecule has 21 nitrogen and oxygen atoms in total. The SMILES string of the molecule is CC(C)(C)[C@H](c1cc(-c2cc(F)ccc2F)cn1Cc1ccccc1)N(CCCN)C(=O)CSC[C@@H](CC(=O)O)NC(=O)CCOCCOCCOCCOCCNC(=O)CNC(=O)[C@H](CC(=O)O)SC[C@H](N)CC(=O)O. The van der Waals surface area contributed by atoms with Crippen LogP contribution in [-0.2, 0) is 59.1 Å². The largest absolute Gasteiger partial charge is 0.481 e. The van der Waals surface area contributed by atoms with Gasteiger partial charge in [0.25, 0.3) is 0 Å². The van der Waals surface area contributed by atoms with E-state index in [9.17, 15) is 43.1 Å². The summed E-state index contributed by atoms with van der Waals surface area (Å²) in [5, 5.41) is 34.2. The van der Waals surface area contributed by atoms with Crippen LogP contribution in [0.2, 0.25) is 0 Å². The Hall–Kier alpha value is -5.67. The molecular weight excluding hydrogens is 1050 g/mol. The van der Waals surface area contributed by atoms with Gasteiger partial charge >= 0.3 is 17.9 Å². The van der Waals surface area contributed by atoms with Gasteiger partial charge in [-0.05, 0) is 48.2 Å². The maximum Gasteiger partial charge on any atom is 0.305 e. The van der Waals surface area contributed by atoms with Crippen molar-refractivity contribution in [2.45, 2.75) is 82.8 Å². The summed E-state index contributed by atoms with van der Waals surface area (Å²) in [4.78, 5) is 87.3. The lowest BCUT2D eigenvalue weighted by Crippen LogP contribution is -2.44. The van der Waals surface area contributed by atoms with E-state index in [0.717, 1.165) is 35.5 Å². The fourth-order valence-corrected chi connectivity index (χ4v) is 9.78. The molecule has 0 spiro atoms. The number of rotatable bonds is 40. The van der Waals surface area contributed by atoms with Gasteiger partial charge in [-0.2, -0.15) is 0 Å². The number of carboxylic acid groups (broad SMARTS) is 3. The molecule has 25 heteroatoms. The number of nitrogens with one attached hydrogen (secondary N) is 3. The van der Waals surface area contributed by atoms with E-state index in [1.54, 1.807) is 17.2 Å². The molecule has 2 aromatic carbocycles. The van der Waals surface area contributed by atoms with Crippen molar-refractivity contribution in [3.05, 3.63) is 83.7 Å². The molecule has 1 aromatic heterocycles. The van der Waals surface area contributed by atoms with Crippen LogP contribution >= 0.6 is 23.5 Å². The lowest BCUT2D eigenvalue weighted by Gasteiger charge is -2.41. The van der Waals surface area contributed by atoms with Gasteiger partial charge in [-0.1, -0.05) is 51.1 Å². The fourth-order valence-electron chi connectivity index (χ4n) is 7.75. The Morgan fingerprint density at radius 3 is 2.00 bits per heavy atom. The van der Waals surface area contributed by atoms with Gasteiger partial charge < -0.3 is 71.2 Å². The van der Waals surface area contributed by atoms with Crippen LogP contribution in [0, 0.1) is 17.0 Å². The summed E-state index contributed by atoms with van der Waals surface area (Å²) >= 11 is 2.10. The van der Waals surface area contributed by atoms with Gasteiger partial charge in [0, 0.05) is 72.7 Å². The smallest absolute Gasteiger partial charge is 0.305 e. The maximum atomic E-state index is 15.2. The number of benzene rings is 2. The van der Waals surface area contributed by atoms with E-state index >= 15 is 4.39 Å². The Balaban J connectivity index is 1.37. The normalized spacial score (nSPS) is 13.0. The number of aliphatic carboxylic acids is 3. The summed E-state index contributed by atoms with van der Waals surface area (Å²) in [6.07, 6.45) is 0.965. The first-order valence-corrected chi connectivity index (χ1v) is 27.3. The Bertz CT molecular complexity index is 2330. The topological polar surface area (TPSA) is 313 Å². The van der Waals surface area contributed by atoms with Gasteiger partial charge in [0.05, 0.1) is 95.7 Å². The van der Waals surface area contributed by atoms with Crippen molar-refractivity contribution in [2.24, 2.45) is 16.9 Å². The number of hydrogen-bond donors (Lipinski definition) is 8. The molecule has 0 saturated heterocycles. The molecule has 4 atom stereocenters. The highest BCUT2D eigenvalue weighted by Gasteiger charge is 2.37. The van der Waals surface area contributed by atoms with Crippen LogP contribution in [-0.4, -0.2) is 180 Å². The van der Waals surface area contributed by atoms with Crippen molar-refractivity contribution in [3.63, 3.8) is 0 Å². The summed E-state index contributed by atoms with van der Waals surface area (Å²) in [7, 11) is 0. The number of hydrogen-bond acceptors (Lipinski definition) is 15. The minimum absolute atomic E-state index is 0.0382. The molecule has 10 N–H and O–H groups in total. The van der Waals surface area contributed by atoms with Gasteiger partial charge in [-0.25, -0.2) is 8.78 Å². The number of aromatic nitrogens is 1. The second-order valence-electron chi connectivity index (χ2n) is 18.8. The van der Waals surface area contributed by atoms with Crippen molar-refractivity contribution in [2.75, 3.05) is 96.3 Å². The minimum atomic E-state index is -1.24. The molecule has 0 aliphatic carbocycles. The molecule has 1 heterocycles. The van der Waals surface area contributed by atoms with Crippen LogP contribution in [0.15, 0.2) is 60.8 Å². The van der Waals surface area contributed by atoms with E-state index in [0.29, 0.717) is 37.3 Å². The Kier molecular flexibility index (Phi) is 30.4. The van der Waals surface area contributed by atoms with Crippen molar-refractivity contribution < 1.29 is 76.6 Å². The number of nitrogens with two attached hydrogens (primary N) is 2. The van der Waals surface area contributed by atoms with Crippen LogP contribution in [0.5, 0.6) is 0 Å². The average molecular weight is 1120 g/mol. The van der Waals surface area contributed by atoms with Gasteiger partial charge in [-0.3, -0.25) is 33.6 Å². The predicted octanol–water partition coefficient (Wildman–Crippen LogP) is 3.51. The third-order valence-corrected chi connectivity index (χ3v) is 13.7. The highest BCUT2D eigenvalue weighted by molar-refractivity contribution is 8.00. The third-order valence-electron chi connectivity index (χ3n) is 11.2. The molecule has 0 bridgehead atoms. The summed E-state index contributed by atoms with van der Waals surface area (Å²) < 4.78 is 53.5. The molecule has 0 aliphatic heterocycles. The van der Waals surface area contributed by atoms with Crippen molar-refractivity contribution in [1.29, 1.82) is 0 Å². The third kappa shape index (κ3) is 26.5. The van der Waals surface area contributed by atoms with Crippen LogP contribution in [0.25, 0.3) is 11.1 Å². The van der Waals surface area contributed by atoms with Crippen LogP contribution < -0.4 is 27.4 Å². The molecule has 3 rings (SSSR count). The monoisotopic (exact) mass is 1120 g/mol. The second kappa shape index (κ2) is 35.7. The van der Waals surface area contributed by atoms with Gasteiger partial charge in [0.15, 0.2) is 0 Å². The van der Waals surface area contributed by atoms with E-state index in [1.807, 2.05) is 55.7 Å². The summed E-state index contributed by atoms with van der Waals surface area (Å²) in [6, 6.07) is 12.6. The van der Waals surface area contributed by atoms with Crippen LogP contribution in [0.1, 0.15) is 70.2 Å². The standard InChI is InChI=1S/C52H75F2N7O14S2/c1-52(2,3)50(42-24-36(40-25-37(53)10-11-41(40)54)31-60(42)30-35-8-5-4-6-9-35)61(15-7-13-55)46(64)34-76-33-39(27-48(67)68)59-44(62)12-16-72-18-20-74-22-23-75-21-19-73-17-14-57-45(63)29-58-51(71)43(28-49(69)70)77-32-38(56)26-47(65)66/h4-6,8-11,24-25,31,38-39,43,50H,7,12-23,26-30,32-34,55-56H2,1-3H3,(H,57,63)(H,58,71)(H,59,62)(H,65,66)(H,67,68)(H,69,70)/t38-,39-,43+,50+/m1/s1. The van der Waals surface area contributed by atoms with Gasteiger partial charge in [-0.15, -0.1) is 23.5 Å². The van der Waals surface area contributed by atoms with Gasteiger partial charge in [0.2, 0.25) is 23.6 Å². The quantitative estimate of drug-likeness (QED) is 0.0378. The van der Waals surface area contributed by atoms with E-state index < -0.39 is 89.0 Å². The fraction of sp³-hybridized carbons (Fsp3) is 0.558. The number of carboxylic acids is 3. The van der Waals surface area contributed by atoms with Gasteiger partial charge in [0.1, 0.15) is 11.6 Å². The zero-order chi connectivity index (χ0) is 56.8. The number of ether oxygens (including phenoxy) is 4. The van der Waals surface area contributed by atoms with Crippen molar-refractivity contribution in [3.8, 4) is 11.1 Å². The first kappa shape index (κ1) is 65.6. The number of carbonyl (C=O) groups excluding carboxylic acids is 4. The van der Waals surface area contributed by atoms with E-state index in [2.05, 4.69) is 16.0 Å². The first-order valence-electron chi connectivity index (χ1n) is 25.1. The molecular formula is C52H75F2N7O14S2. The molecule has 0 radical (unpaired) electrons. The van der Waals surface area contributed by atoms with E-state index in [1.165, 1.54) is 11.8 Å². The Morgan fingerprint density at radius 2 is 1.39 bits per heavy atom. The molecule has 4 amide bonds. The number of nitrogens with zero attached hydrogens (tertiary/aromatic N) is 2. The zero-order valence-electron chi connectivity index (χ0n) is 43.9. The number of thioether (sulfide) groups is 2. The zero-order valence-corrected chi connectivity index (χ0v) is 45.5. The summed E-state index contributed by atoms with van der Waals surface area (Å²) in [5.74, 6) is -6.40. The van der Waals surface area contributed by atoms with Crippen molar-refractivity contribution in [1.82, 2.24) is 25.4 Å². The first-order chi connectivity index (χ1) is 36.7. The number of carbonyl (C=O) groups is 7. The highest BCUT2D eigenvalue weighted by atomic mass is 32.2. The Morgan fingerprint density at radius 1 is 0.766 bits per heavy atom. The highest BCUT2D eigenvalue weighted by Crippen LogP contribution is 2.41. The molecule has 77 heavy (non-hydrogen) atoms. The molecule has 0 fully saturated rings. The molecule has 0 unspecified atom stereocenters. The van der Waals surface area contributed by atoms with E-state index in [4.69, 9.17) is 40.6 Å². The summed E-state index contributed by atoms with van der Waals surface area (Å²) in [6.45, 7) is 8.32. The van der Waals surface area contributed by atoms with Crippen LogP contribution in [0.4, 0.5) is 8.78 Å². The average Bonchev–Trinajstić information content (AvgIpc) is 3.76. The van der Waals surface area contributed by atoms with E-state index in [-0.39, 0.29) is 107 Å². The maximum absolute atomic E-state index is 15.2. The lowest BCUT2D eigenvalue weighted by atomic mass is 9.83. The van der Waals surface area contributed by atoms with Crippen LogP contribution in [0.3, 0.4) is 0 Å². The summed E-state index contributed by atoms with van der Waals surface area (Å²) in [5.41, 5.74) is 13.3. The number of halogens is 2. The Labute approximate surface area is 456 Å². The molecule has 428 valence electrons. The molecule has 0 saturated carbocycles. The minimum Gasteiger partial charge on any atom is -0.481 e. The lowest BCUT2D eigenvalue weighted by molar-refractivity contribution is -0.139. The molecule has 0 aliphatic rings. The molecule has 3 aromatic rings. The van der Waals surface area contributed by atoms with Crippen molar-refractivity contribution >= 4 is 65.1 Å². The predicted molar refractivity (Wildman–Crippen MR) is 287 cm³/mol.